The molecule has 0 unspecified atom stereocenters. The number of benzene rings is 2. The minimum absolute atomic E-state index is 0.110. The number of para-hydroxylation sites is 1. The molecule has 22 heavy (non-hydrogen) atoms. The third-order valence-electron chi connectivity index (χ3n) is 3.50. The fraction of sp³-hybridized carbons (Fsp3) is 0. The minimum Gasteiger partial charge on any atom is -0.299 e. The van der Waals surface area contributed by atoms with Crippen LogP contribution in [-0.2, 0) is 4.79 Å². The fourth-order valence-corrected chi connectivity index (χ4v) is 2.58. The highest BCUT2D eigenvalue weighted by molar-refractivity contribution is 6.24. The summed E-state index contributed by atoms with van der Waals surface area (Å²) in [6.07, 6.45) is 7.39. The topological polar surface area (TPSA) is 29.1 Å². The maximum Gasteiger partial charge on any atom is 0.186 e. The van der Waals surface area contributed by atoms with E-state index in [2.05, 4.69) is 10.9 Å². The second-order valence-electron chi connectivity index (χ2n) is 4.91. The Labute approximate surface area is 134 Å². The molecule has 0 saturated heterocycles. The van der Waals surface area contributed by atoms with E-state index in [1.54, 1.807) is 6.08 Å². The van der Waals surface area contributed by atoms with Crippen molar-refractivity contribution in [2.24, 2.45) is 0 Å². The van der Waals surface area contributed by atoms with Gasteiger partial charge in [0, 0.05) is 23.0 Å². The number of rotatable bonds is 1. The molecule has 0 amide bonds. The van der Waals surface area contributed by atoms with E-state index in [9.17, 15) is 4.79 Å². The van der Waals surface area contributed by atoms with Gasteiger partial charge in [-0.2, -0.15) is 0 Å². The van der Waals surface area contributed by atoms with Gasteiger partial charge in [0.05, 0.1) is 0 Å². The lowest BCUT2D eigenvalue weighted by Crippen LogP contribution is -2.00. The highest BCUT2D eigenvalue weighted by Crippen LogP contribution is 2.37. The molecule has 0 heterocycles. The van der Waals surface area contributed by atoms with Crippen molar-refractivity contribution in [1.82, 2.24) is 0 Å². The molecule has 0 spiro atoms. The highest BCUT2D eigenvalue weighted by Gasteiger charge is 2.23. The van der Waals surface area contributed by atoms with Gasteiger partial charge < -0.3 is 0 Å². The Bertz CT molecular complexity index is 788. The second-order valence-corrected chi connectivity index (χ2v) is 5.10. The van der Waals surface area contributed by atoms with Gasteiger partial charge >= 0.3 is 0 Å². The van der Waals surface area contributed by atoms with Crippen molar-refractivity contribution in [3.8, 4) is 0 Å². The van der Waals surface area contributed by atoms with Crippen LogP contribution in [0.15, 0.2) is 78.4 Å². The predicted molar refractivity (Wildman–Crippen MR) is 92.5 cm³/mol. The van der Waals surface area contributed by atoms with Crippen LogP contribution in [-0.4, -0.2) is 5.78 Å². The Kier molecular flexibility index (Phi) is 4.22. The van der Waals surface area contributed by atoms with Gasteiger partial charge in [0.15, 0.2) is 5.78 Å². The summed E-state index contributed by atoms with van der Waals surface area (Å²) in [5.74, 6) is 0.110. The van der Waals surface area contributed by atoms with Crippen molar-refractivity contribution in [2.45, 2.75) is 0 Å². The lowest BCUT2D eigenvalue weighted by Gasteiger charge is -2.06. The Morgan fingerprint density at radius 1 is 0.864 bits per heavy atom. The number of carbonyl (C=O) groups is 1. The summed E-state index contributed by atoms with van der Waals surface area (Å²) in [5, 5.41) is 0. The van der Waals surface area contributed by atoms with Gasteiger partial charge in [0.25, 0.3) is 0 Å². The average molecular weight is 308 g/mol. The summed E-state index contributed by atoms with van der Waals surface area (Å²) >= 11 is 5.28. The monoisotopic (exact) mass is 307 g/mol. The largest absolute Gasteiger partial charge is 0.299 e. The molecular weight excluding hydrogens is 294 g/mol. The average Bonchev–Trinajstić information content (AvgIpc) is 2.97. The standard InChI is InChI=1S/C13H8O.C6H6ClN/c14-13-7-3-6-11-10-5-2-1-4-9(10)8-12(11)13;7-8-6-4-2-1-3-5-6/h1-8H;1-5,8H. The van der Waals surface area contributed by atoms with Crippen LogP contribution in [0.1, 0.15) is 11.1 Å². The van der Waals surface area contributed by atoms with Crippen LogP contribution < -0.4 is 4.84 Å². The zero-order valence-electron chi connectivity index (χ0n) is 11.8. The lowest BCUT2D eigenvalue weighted by molar-refractivity contribution is -0.110. The first-order valence-corrected chi connectivity index (χ1v) is 7.33. The van der Waals surface area contributed by atoms with Crippen LogP contribution >= 0.6 is 11.8 Å². The molecule has 2 aromatic rings. The molecule has 0 aromatic heterocycles. The zero-order chi connectivity index (χ0) is 15.4. The molecule has 1 N–H and O–H groups in total. The van der Waals surface area contributed by atoms with Crippen LogP contribution in [0.2, 0.25) is 0 Å². The van der Waals surface area contributed by atoms with Gasteiger partial charge in [-0.1, -0.05) is 54.6 Å². The molecular formula is C19H14ClNO. The number of ketones is 1. The van der Waals surface area contributed by atoms with E-state index in [0.29, 0.717) is 0 Å². The minimum atomic E-state index is 0.110. The first-order valence-electron chi connectivity index (χ1n) is 6.95. The SMILES string of the molecule is ClNc1ccccc1.O=C1C=CC=C2C1=Cc1ccccc12. The smallest absolute Gasteiger partial charge is 0.186 e. The third-order valence-corrected chi connectivity index (χ3v) is 3.72. The number of halogens is 1. The molecule has 0 bridgehead atoms. The Balaban J connectivity index is 0.000000154. The van der Waals surface area contributed by atoms with E-state index >= 15 is 0 Å². The summed E-state index contributed by atoms with van der Waals surface area (Å²) in [6, 6.07) is 17.7. The maximum atomic E-state index is 11.5. The van der Waals surface area contributed by atoms with Gasteiger partial charge in [0.1, 0.15) is 0 Å². The molecule has 0 atom stereocenters. The number of fused-ring (bicyclic) bond motifs is 3. The summed E-state index contributed by atoms with van der Waals surface area (Å²) in [7, 11) is 0. The van der Waals surface area contributed by atoms with E-state index in [-0.39, 0.29) is 5.78 Å². The zero-order valence-corrected chi connectivity index (χ0v) is 12.5. The number of allylic oxidation sites excluding steroid dienone is 5. The van der Waals surface area contributed by atoms with Crippen molar-refractivity contribution in [3.63, 3.8) is 0 Å². The number of hydrogen-bond donors (Lipinski definition) is 1. The predicted octanol–water partition coefficient (Wildman–Crippen LogP) is 4.86. The van der Waals surface area contributed by atoms with Crippen LogP contribution in [0.25, 0.3) is 11.6 Å². The highest BCUT2D eigenvalue weighted by atomic mass is 35.5. The van der Waals surface area contributed by atoms with Crippen molar-refractivity contribution in [2.75, 3.05) is 4.84 Å². The van der Waals surface area contributed by atoms with E-state index in [1.165, 1.54) is 5.56 Å². The van der Waals surface area contributed by atoms with Gasteiger partial charge in [-0.3, -0.25) is 9.63 Å². The van der Waals surface area contributed by atoms with Crippen LogP contribution in [0.4, 0.5) is 5.69 Å². The number of carbonyl (C=O) groups excluding carboxylic acids is 1. The molecule has 0 saturated carbocycles. The first kappa shape index (κ1) is 14.4. The number of nitrogens with one attached hydrogen (secondary N) is 1. The molecule has 0 radical (unpaired) electrons. The normalized spacial score (nSPS) is 14.1. The van der Waals surface area contributed by atoms with Crippen molar-refractivity contribution in [3.05, 3.63) is 89.5 Å². The van der Waals surface area contributed by atoms with Gasteiger partial charge in [-0.25, -0.2) is 0 Å². The molecule has 2 nitrogen and oxygen atoms in total. The molecule has 0 aliphatic heterocycles. The second kappa shape index (κ2) is 6.46. The Morgan fingerprint density at radius 3 is 2.32 bits per heavy atom. The van der Waals surface area contributed by atoms with Gasteiger partial charge in [-0.15, -0.1) is 0 Å². The Hall–Kier alpha value is -2.58. The molecule has 0 fully saturated rings. The lowest BCUT2D eigenvalue weighted by atomic mass is 9.96. The summed E-state index contributed by atoms with van der Waals surface area (Å²) in [5.41, 5.74) is 5.13. The number of hydrogen-bond acceptors (Lipinski definition) is 2. The molecule has 4 rings (SSSR count). The quantitative estimate of drug-likeness (QED) is 0.762. The van der Waals surface area contributed by atoms with Gasteiger partial charge in [-0.05, 0) is 41.0 Å². The van der Waals surface area contributed by atoms with E-state index < -0.39 is 0 Å². The molecule has 2 aliphatic rings. The molecule has 2 aliphatic carbocycles. The number of anilines is 1. The fourth-order valence-electron chi connectivity index (χ4n) is 2.45. The van der Waals surface area contributed by atoms with E-state index in [4.69, 9.17) is 11.8 Å². The maximum absolute atomic E-state index is 11.5. The van der Waals surface area contributed by atoms with Crippen molar-refractivity contribution in [1.29, 1.82) is 0 Å². The van der Waals surface area contributed by atoms with Crippen LogP contribution in [0, 0.1) is 0 Å². The van der Waals surface area contributed by atoms with Crippen LogP contribution in [0.3, 0.4) is 0 Å². The van der Waals surface area contributed by atoms with Crippen molar-refractivity contribution >= 4 is 34.9 Å². The molecule has 108 valence electrons. The summed E-state index contributed by atoms with van der Waals surface area (Å²) < 4.78 is 0. The molecule has 3 heteroatoms. The molecule has 2 aromatic carbocycles. The van der Waals surface area contributed by atoms with E-state index in [1.807, 2.05) is 66.8 Å². The van der Waals surface area contributed by atoms with E-state index in [0.717, 1.165) is 22.4 Å². The summed E-state index contributed by atoms with van der Waals surface area (Å²) in [6.45, 7) is 0. The van der Waals surface area contributed by atoms with Crippen molar-refractivity contribution < 1.29 is 4.79 Å². The van der Waals surface area contributed by atoms with Crippen LogP contribution in [0.5, 0.6) is 0 Å². The Morgan fingerprint density at radius 2 is 1.59 bits per heavy atom. The van der Waals surface area contributed by atoms with Gasteiger partial charge in [0.2, 0.25) is 0 Å². The third kappa shape index (κ3) is 2.87. The summed E-state index contributed by atoms with van der Waals surface area (Å²) in [4.78, 5) is 14.0. The first-order chi connectivity index (χ1) is 10.8.